The Hall–Kier alpha value is -3.96. The number of methoxy groups -OCH3 is 2. The summed E-state index contributed by atoms with van der Waals surface area (Å²) in [4.78, 5) is 21.1. The number of benzene rings is 3. The maximum absolute atomic E-state index is 11.5. The standard InChI is InChI=1S/C38H38Cl3N5O4/c1-21(47)17-42-19-24-15-30(39)37-29(38(24)50-3)10-11-31(46-37)28-6-4-5-26(34(28)40)27-13-14-44-36(35(27)41)22-7-8-23(32(16-22)49-2)18-43-20-25-9-12-33(48)45-25/h4-8,10-11,13-16,21,25,42-43,47H,9,12,17-20H2,1-3H3,(H,45,48)/t21-,25-/m0/s1. The predicted octanol–water partition coefficient (Wildman–Crippen LogP) is 7.45. The number of fused-ring (bicyclic) bond motifs is 1. The maximum Gasteiger partial charge on any atom is 0.220 e. The molecule has 6 rings (SSSR count). The average molecular weight is 735 g/mol. The van der Waals surface area contributed by atoms with Crippen molar-refractivity contribution >= 4 is 51.6 Å². The molecule has 2 atom stereocenters. The Balaban J connectivity index is 1.28. The highest BCUT2D eigenvalue weighted by Gasteiger charge is 2.21. The third-order valence-electron chi connectivity index (χ3n) is 8.72. The van der Waals surface area contributed by atoms with Crippen molar-refractivity contribution < 1.29 is 19.4 Å². The molecule has 260 valence electrons. The van der Waals surface area contributed by atoms with Gasteiger partial charge in [-0.2, -0.15) is 0 Å². The summed E-state index contributed by atoms with van der Waals surface area (Å²) in [5.74, 6) is 1.47. The van der Waals surface area contributed by atoms with Crippen molar-refractivity contribution in [3.05, 3.63) is 93.1 Å². The molecule has 1 fully saturated rings. The topological polar surface area (TPSA) is 118 Å². The second-order valence-electron chi connectivity index (χ2n) is 12.3. The fourth-order valence-corrected chi connectivity index (χ4v) is 7.19. The highest BCUT2D eigenvalue weighted by Crippen LogP contribution is 2.43. The first-order valence-corrected chi connectivity index (χ1v) is 17.5. The van der Waals surface area contributed by atoms with E-state index >= 15 is 0 Å². The lowest BCUT2D eigenvalue weighted by atomic mass is 9.99. The molecule has 0 spiro atoms. The zero-order valence-corrected chi connectivity index (χ0v) is 30.2. The van der Waals surface area contributed by atoms with E-state index in [1.54, 1.807) is 27.3 Å². The van der Waals surface area contributed by atoms with Gasteiger partial charge in [-0.25, -0.2) is 4.98 Å². The zero-order valence-electron chi connectivity index (χ0n) is 27.9. The number of hydrogen-bond donors (Lipinski definition) is 4. The molecule has 3 aromatic carbocycles. The monoisotopic (exact) mass is 733 g/mol. The van der Waals surface area contributed by atoms with Gasteiger partial charge in [-0.15, -0.1) is 0 Å². The lowest BCUT2D eigenvalue weighted by molar-refractivity contribution is -0.119. The number of nitrogens with one attached hydrogen (secondary N) is 3. The molecule has 5 aromatic rings. The van der Waals surface area contributed by atoms with Gasteiger partial charge >= 0.3 is 0 Å². The smallest absolute Gasteiger partial charge is 0.220 e. The molecular formula is C38H38Cl3N5O4. The van der Waals surface area contributed by atoms with Crippen molar-refractivity contribution in [2.45, 2.75) is 45.0 Å². The Bertz CT molecular complexity index is 2040. The van der Waals surface area contributed by atoms with Crippen LogP contribution in [0.25, 0.3) is 44.5 Å². The van der Waals surface area contributed by atoms with Crippen LogP contribution in [0.1, 0.15) is 30.9 Å². The van der Waals surface area contributed by atoms with Gasteiger partial charge in [-0.3, -0.25) is 9.78 Å². The van der Waals surface area contributed by atoms with Crippen LogP contribution in [0.15, 0.2) is 66.9 Å². The van der Waals surface area contributed by atoms with Crippen molar-refractivity contribution in [2.24, 2.45) is 0 Å². The van der Waals surface area contributed by atoms with Crippen LogP contribution in [0.5, 0.6) is 11.5 Å². The van der Waals surface area contributed by atoms with E-state index in [1.165, 1.54) is 0 Å². The second kappa shape index (κ2) is 15.9. The number of ether oxygens (including phenoxy) is 2. The van der Waals surface area contributed by atoms with Crippen LogP contribution in [-0.2, 0) is 17.9 Å². The summed E-state index contributed by atoms with van der Waals surface area (Å²) in [6.45, 7) is 3.91. The van der Waals surface area contributed by atoms with E-state index in [0.29, 0.717) is 81.6 Å². The van der Waals surface area contributed by atoms with E-state index in [0.717, 1.165) is 39.6 Å². The third-order valence-corrected chi connectivity index (χ3v) is 9.80. The first-order chi connectivity index (χ1) is 24.2. The number of aliphatic hydroxyl groups excluding tert-OH is 1. The number of pyridine rings is 2. The largest absolute Gasteiger partial charge is 0.496 e. The molecule has 12 heteroatoms. The van der Waals surface area contributed by atoms with E-state index in [-0.39, 0.29) is 11.9 Å². The van der Waals surface area contributed by atoms with Gasteiger partial charge in [-0.1, -0.05) is 65.1 Å². The maximum atomic E-state index is 11.5. The van der Waals surface area contributed by atoms with Gasteiger partial charge in [0, 0.05) is 83.6 Å². The van der Waals surface area contributed by atoms with Gasteiger partial charge < -0.3 is 30.5 Å². The quantitative estimate of drug-likeness (QED) is 0.0987. The van der Waals surface area contributed by atoms with E-state index in [2.05, 4.69) is 20.9 Å². The molecule has 1 aliphatic rings. The SMILES string of the molecule is COc1cc(-c2nccc(-c3cccc(-c4ccc5c(OC)c(CNC[C@H](C)O)cc(Cl)c5n4)c3Cl)c2Cl)ccc1CNC[C@@H]1CCC(=O)N1. The summed E-state index contributed by atoms with van der Waals surface area (Å²) >= 11 is 21.0. The summed E-state index contributed by atoms with van der Waals surface area (Å²) in [5.41, 5.74) is 6.64. The number of aromatic nitrogens is 2. The summed E-state index contributed by atoms with van der Waals surface area (Å²) in [6, 6.07) is 19.3. The number of aliphatic hydroxyl groups is 1. The number of carbonyl (C=O) groups is 1. The summed E-state index contributed by atoms with van der Waals surface area (Å²) in [6.07, 6.45) is 2.65. The highest BCUT2D eigenvalue weighted by molar-refractivity contribution is 6.39. The Morgan fingerprint density at radius 3 is 2.46 bits per heavy atom. The van der Waals surface area contributed by atoms with E-state index in [1.807, 2.05) is 60.7 Å². The van der Waals surface area contributed by atoms with E-state index < -0.39 is 6.10 Å². The van der Waals surface area contributed by atoms with Crippen molar-refractivity contribution in [3.8, 4) is 45.1 Å². The van der Waals surface area contributed by atoms with Gasteiger partial charge in [0.15, 0.2) is 0 Å². The third kappa shape index (κ3) is 7.68. The molecule has 0 unspecified atom stereocenters. The van der Waals surface area contributed by atoms with Crippen molar-refractivity contribution in [3.63, 3.8) is 0 Å². The second-order valence-corrected chi connectivity index (χ2v) is 13.4. The number of nitrogens with zero attached hydrogens (tertiary/aromatic N) is 2. The molecule has 0 saturated carbocycles. The normalized spacial score (nSPS) is 14.9. The molecule has 9 nitrogen and oxygen atoms in total. The fourth-order valence-electron chi connectivity index (χ4n) is 6.26. The van der Waals surface area contributed by atoms with Gasteiger partial charge in [0.25, 0.3) is 0 Å². The predicted molar refractivity (Wildman–Crippen MR) is 200 cm³/mol. The number of hydrogen-bond acceptors (Lipinski definition) is 8. The van der Waals surface area contributed by atoms with Crippen molar-refractivity contribution in [1.82, 2.24) is 25.9 Å². The van der Waals surface area contributed by atoms with Crippen LogP contribution in [0.2, 0.25) is 15.1 Å². The molecule has 0 radical (unpaired) electrons. The summed E-state index contributed by atoms with van der Waals surface area (Å²) < 4.78 is 11.5. The average Bonchev–Trinajstić information content (AvgIpc) is 3.53. The number of rotatable bonds is 13. The minimum absolute atomic E-state index is 0.100. The summed E-state index contributed by atoms with van der Waals surface area (Å²) in [5, 5.41) is 21.4. The van der Waals surface area contributed by atoms with Crippen LogP contribution < -0.4 is 25.4 Å². The Labute approximate surface area is 306 Å². The lowest BCUT2D eigenvalue weighted by Gasteiger charge is -2.16. The van der Waals surface area contributed by atoms with Crippen molar-refractivity contribution in [1.29, 1.82) is 0 Å². The van der Waals surface area contributed by atoms with Gasteiger partial charge in [0.2, 0.25) is 5.91 Å². The van der Waals surface area contributed by atoms with Gasteiger partial charge in [0.1, 0.15) is 11.5 Å². The number of amides is 1. The van der Waals surface area contributed by atoms with Crippen LogP contribution in [0.4, 0.5) is 0 Å². The van der Waals surface area contributed by atoms with Crippen LogP contribution >= 0.6 is 34.8 Å². The van der Waals surface area contributed by atoms with Crippen LogP contribution in [0.3, 0.4) is 0 Å². The van der Waals surface area contributed by atoms with Crippen LogP contribution in [-0.4, -0.2) is 60.4 Å². The molecule has 2 aromatic heterocycles. The number of halogens is 3. The van der Waals surface area contributed by atoms with Gasteiger partial charge in [0.05, 0.1) is 52.3 Å². The Kier molecular flexibility index (Phi) is 11.4. The molecule has 3 heterocycles. The fraction of sp³-hybridized carbons (Fsp3) is 0.289. The minimum Gasteiger partial charge on any atom is -0.496 e. The molecule has 1 aliphatic heterocycles. The zero-order chi connectivity index (χ0) is 35.4. The lowest BCUT2D eigenvalue weighted by Crippen LogP contribution is -2.35. The molecule has 1 saturated heterocycles. The molecule has 4 N–H and O–H groups in total. The molecule has 1 amide bonds. The Morgan fingerprint density at radius 1 is 0.940 bits per heavy atom. The molecular weight excluding hydrogens is 697 g/mol. The first kappa shape index (κ1) is 35.9. The molecule has 0 bridgehead atoms. The minimum atomic E-state index is -0.474. The van der Waals surface area contributed by atoms with E-state index in [4.69, 9.17) is 49.3 Å². The van der Waals surface area contributed by atoms with Crippen LogP contribution in [0, 0.1) is 0 Å². The van der Waals surface area contributed by atoms with E-state index in [9.17, 15) is 9.90 Å². The van der Waals surface area contributed by atoms with Gasteiger partial charge in [-0.05, 0) is 43.7 Å². The van der Waals surface area contributed by atoms with Crippen molar-refractivity contribution in [2.75, 3.05) is 27.3 Å². The first-order valence-electron chi connectivity index (χ1n) is 16.3. The molecule has 50 heavy (non-hydrogen) atoms. The molecule has 0 aliphatic carbocycles. The summed E-state index contributed by atoms with van der Waals surface area (Å²) in [7, 11) is 3.25. The number of carbonyl (C=O) groups excluding carboxylic acids is 1. The Morgan fingerprint density at radius 2 is 1.72 bits per heavy atom. The highest BCUT2D eigenvalue weighted by atomic mass is 35.5.